The van der Waals surface area contributed by atoms with Gasteiger partial charge in [-0.05, 0) is 60.9 Å². The van der Waals surface area contributed by atoms with Crippen molar-refractivity contribution in [3.05, 3.63) is 94.6 Å². The molecule has 0 bridgehead atoms. The number of phenols is 1. The van der Waals surface area contributed by atoms with Crippen molar-refractivity contribution in [3.8, 4) is 17.2 Å². The van der Waals surface area contributed by atoms with Crippen molar-refractivity contribution in [3.63, 3.8) is 0 Å². The number of benzene rings is 3. The minimum Gasteiger partial charge on any atom is -0.507 e. The lowest BCUT2D eigenvalue weighted by Crippen LogP contribution is -2.32. The summed E-state index contributed by atoms with van der Waals surface area (Å²) in [5, 5.41) is 21.6. The highest BCUT2D eigenvalue weighted by Gasteiger charge is 2.46. The number of nitrogens with zero attached hydrogens (tertiary/aromatic N) is 1. The maximum atomic E-state index is 13.2. The van der Waals surface area contributed by atoms with Crippen molar-refractivity contribution in [2.45, 2.75) is 26.5 Å². The quantitative estimate of drug-likeness (QED) is 0.227. The predicted octanol–water partition coefficient (Wildman–Crippen LogP) is 4.75. The van der Waals surface area contributed by atoms with Crippen LogP contribution in [0.5, 0.6) is 17.2 Å². The smallest absolute Gasteiger partial charge is 0.295 e. The number of aromatic hydroxyl groups is 1. The molecule has 3 aromatic rings. The van der Waals surface area contributed by atoms with E-state index in [1.54, 1.807) is 44.2 Å². The fraction of sp³-hybridized carbons (Fsp3) is 0.267. The van der Waals surface area contributed by atoms with E-state index in [1.807, 2.05) is 30.3 Å². The highest BCUT2D eigenvalue weighted by Crippen LogP contribution is 2.42. The lowest BCUT2D eigenvalue weighted by Gasteiger charge is -2.25. The number of amides is 1. The maximum absolute atomic E-state index is 13.2. The second kappa shape index (κ2) is 11.8. The molecule has 2 N–H and O–H groups in total. The third kappa shape index (κ3) is 5.50. The summed E-state index contributed by atoms with van der Waals surface area (Å²) in [5.41, 5.74) is 2.59. The second-order valence-electron chi connectivity index (χ2n) is 8.90. The van der Waals surface area contributed by atoms with Crippen molar-refractivity contribution in [1.82, 2.24) is 4.90 Å². The largest absolute Gasteiger partial charge is 0.507 e. The van der Waals surface area contributed by atoms with Crippen LogP contribution in [-0.4, -0.2) is 53.7 Å². The van der Waals surface area contributed by atoms with Gasteiger partial charge in [0.15, 0.2) is 11.5 Å². The van der Waals surface area contributed by atoms with E-state index in [4.69, 9.17) is 14.2 Å². The van der Waals surface area contributed by atoms with E-state index >= 15 is 0 Å². The molecule has 1 saturated heterocycles. The van der Waals surface area contributed by atoms with Gasteiger partial charge in [0.1, 0.15) is 18.1 Å². The zero-order valence-corrected chi connectivity index (χ0v) is 21.6. The topological polar surface area (TPSA) is 106 Å². The number of ether oxygens (including phenoxy) is 3. The molecule has 0 radical (unpaired) electrons. The lowest BCUT2D eigenvalue weighted by atomic mass is 9.93. The SMILES string of the molecule is CCOc1cc([C@H]2C(=C(O)c3ccc(OCc4ccccc4)cc3C)C(=O)C(=O)N2CCOC)ccc1O. The van der Waals surface area contributed by atoms with E-state index in [2.05, 4.69) is 0 Å². The molecule has 0 saturated carbocycles. The number of carbonyl (C=O) groups excluding carboxylic acids is 2. The summed E-state index contributed by atoms with van der Waals surface area (Å²) < 4.78 is 16.6. The summed E-state index contributed by atoms with van der Waals surface area (Å²) in [6.07, 6.45) is 0. The molecule has 0 spiro atoms. The number of phenolic OH excluding ortho intramolecular Hbond substituents is 1. The average Bonchev–Trinajstić information content (AvgIpc) is 3.17. The number of ketones is 1. The maximum Gasteiger partial charge on any atom is 0.295 e. The molecule has 1 aliphatic rings. The number of rotatable bonds is 10. The predicted molar refractivity (Wildman–Crippen MR) is 142 cm³/mol. The number of aliphatic hydroxyl groups is 1. The lowest BCUT2D eigenvalue weighted by molar-refractivity contribution is -0.140. The summed E-state index contributed by atoms with van der Waals surface area (Å²) in [4.78, 5) is 27.7. The van der Waals surface area contributed by atoms with E-state index in [-0.39, 0.29) is 36.0 Å². The molecule has 1 aliphatic heterocycles. The molecule has 38 heavy (non-hydrogen) atoms. The molecule has 1 fully saturated rings. The van der Waals surface area contributed by atoms with Gasteiger partial charge in [-0.25, -0.2) is 0 Å². The van der Waals surface area contributed by atoms with Crippen LogP contribution < -0.4 is 9.47 Å². The van der Waals surface area contributed by atoms with Gasteiger partial charge in [-0.1, -0.05) is 36.4 Å². The molecule has 0 unspecified atom stereocenters. The minimum absolute atomic E-state index is 0.0414. The average molecular weight is 518 g/mol. The van der Waals surface area contributed by atoms with Crippen LogP contribution in [0.4, 0.5) is 0 Å². The van der Waals surface area contributed by atoms with E-state index in [0.29, 0.717) is 35.7 Å². The number of aliphatic hydroxyl groups excluding tert-OH is 1. The van der Waals surface area contributed by atoms with Crippen LogP contribution in [0.3, 0.4) is 0 Å². The number of methoxy groups -OCH3 is 1. The Labute approximate surface area is 221 Å². The van der Waals surface area contributed by atoms with Gasteiger partial charge in [0, 0.05) is 19.2 Å². The Hall–Kier alpha value is -4.30. The van der Waals surface area contributed by atoms with Gasteiger partial charge in [-0.15, -0.1) is 0 Å². The number of aryl methyl sites for hydroxylation is 1. The molecule has 0 aliphatic carbocycles. The molecular formula is C30H31NO7. The second-order valence-corrected chi connectivity index (χ2v) is 8.90. The van der Waals surface area contributed by atoms with Gasteiger partial charge in [0.05, 0.1) is 24.8 Å². The molecule has 198 valence electrons. The zero-order chi connectivity index (χ0) is 27.2. The molecular weight excluding hydrogens is 486 g/mol. The highest BCUT2D eigenvalue weighted by molar-refractivity contribution is 6.46. The first kappa shape index (κ1) is 26.8. The van der Waals surface area contributed by atoms with Crippen LogP contribution in [0.15, 0.2) is 72.3 Å². The minimum atomic E-state index is -0.890. The van der Waals surface area contributed by atoms with Crippen LogP contribution in [0.2, 0.25) is 0 Å². The first-order chi connectivity index (χ1) is 18.3. The fourth-order valence-electron chi connectivity index (χ4n) is 4.50. The summed E-state index contributed by atoms with van der Waals surface area (Å²) in [5.74, 6) is -1.05. The number of likely N-dealkylation sites (tertiary alicyclic amines) is 1. The Morgan fingerprint density at radius 3 is 2.45 bits per heavy atom. The Balaban J connectivity index is 1.73. The Bertz CT molecular complexity index is 1350. The normalized spacial score (nSPS) is 16.6. The van der Waals surface area contributed by atoms with Crippen molar-refractivity contribution in [2.24, 2.45) is 0 Å². The molecule has 1 atom stereocenters. The molecule has 4 rings (SSSR count). The third-order valence-corrected chi connectivity index (χ3v) is 6.38. The summed E-state index contributed by atoms with van der Waals surface area (Å²) in [6.45, 7) is 4.63. The monoisotopic (exact) mass is 517 g/mol. The van der Waals surface area contributed by atoms with E-state index in [1.165, 1.54) is 18.1 Å². The number of hydrogen-bond acceptors (Lipinski definition) is 7. The molecule has 8 heteroatoms. The van der Waals surface area contributed by atoms with Crippen LogP contribution >= 0.6 is 0 Å². The standard InChI is InChI=1S/C30H31NO7/c1-4-37-25-17-21(10-13-24(25)32)27-26(29(34)30(35)31(27)14-15-36-3)28(33)23-12-11-22(16-19(23)2)38-18-20-8-6-5-7-9-20/h5-13,16-17,27,32-33H,4,14-15,18H2,1-3H3/t27-/m0/s1. The Morgan fingerprint density at radius 2 is 1.76 bits per heavy atom. The van der Waals surface area contributed by atoms with Crippen molar-refractivity contribution >= 4 is 17.4 Å². The molecule has 3 aromatic carbocycles. The van der Waals surface area contributed by atoms with Crippen LogP contribution in [0.1, 0.15) is 35.2 Å². The van der Waals surface area contributed by atoms with Gasteiger partial charge >= 0.3 is 0 Å². The van der Waals surface area contributed by atoms with Gasteiger partial charge in [-0.2, -0.15) is 0 Å². The first-order valence-electron chi connectivity index (χ1n) is 12.4. The highest BCUT2D eigenvalue weighted by atomic mass is 16.5. The third-order valence-electron chi connectivity index (χ3n) is 6.38. The number of Topliss-reactive ketones (excluding diaryl/α,β-unsaturated/α-hetero) is 1. The Kier molecular flexibility index (Phi) is 8.33. The van der Waals surface area contributed by atoms with Crippen molar-refractivity contribution in [1.29, 1.82) is 0 Å². The van der Waals surface area contributed by atoms with Gasteiger partial charge < -0.3 is 29.3 Å². The fourth-order valence-corrected chi connectivity index (χ4v) is 4.50. The summed E-state index contributed by atoms with van der Waals surface area (Å²) in [7, 11) is 1.50. The van der Waals surface area contributed by atoms with Gasteiger partial charge in [0.2, 0.25) is 0 Å². The number of hydrogen-bond donors (Lipinski definition) is 2. The Morgan fingerprint density at radius 1 is 1.00 bits per heavy atom. The molecule has 8 nitrogen and oxygen atoms in total. The van der Waals surface area contributed by atoms with E-state index in [0.717, 1.165) is 5.56 Å². The van der Waals surface area contributed by atoms with Crippen LogP contribution in [-0.2, 0) is 20.9 Å². The van der Waals surface area contributed by atoms with Crippen LogP contribution in [0.25, 0.3) is 5.76 Å². The molecule has 1 heterocycles. The summed E-state index contributed by atoms with van der Waals surface area (Å²) in [6, 6.07) is 18.7. The van der Waals surface area contributed by atoms with Gasteiger partial charge in [0.25, 0.3) is 11.7 Å². The van der Waals surface area contributed by atoms with Gasteiger partial charge in [-0.3, -0.25) is 9.59 Å². The molecule has 1 amide bonds. The van der Waals surface area contributed by atoms with Crippen molar-refractivity contribution < 1.29 is 34.0 Å². The van der Waals surface area contributed by atoms with Crippen molar-refractivity contribution in [2.75, 3.05) is 26.9 Å². The zero-order valence-electron chi connectivity index (χ0n) is 21.6. The van der Waals surface area contributed by atoms with E-state index in [9.17, 15) is 19.8 Å². The first-order valence-corrected chi connectivity index (χ1v) is 12.4. The van der Waals surface area contributed by atoms with Crippen LogP contribution in [0, 0.1) is 6.92 Å². The number of carbonyl (C=O) groups is 2. The van der Waals surface area contributed by atoms with E-state index < -0.39 is 17.7 Å². The molecule has 0 aromatic heterocycles. The summed E-state index contributed by atoms with van der Waals surface area (Å²) >= 11 is 0.